The van der Waals surface area contributed by atoms with Crippen molar-refractivity contribution in [1.82, 2.24) is 10.1 Å². The van der Waals surface area contributed by atoms with E-state index in [1.807, 2.05) is 31.2 Å². The Hall–Kier alpha value is -1.88. The summed E-state index contributed by atoms with van der Waals surface area (Å²) in [7, 11) is 1.64. The maximum absolute atomic E-state index is 5.76. The molecule has 1 heterocycles. The third-order valence-corrected chi connectivity index (χ3v) is 3.49. The number of nitrogens with two attached hydrogens (primary N) is 1. The molecule has 2 N–H and O–H groups in total. The fourth-order valence-electron chi connectivity index (χ4n) is 2.18. The van der Waals surface area contributed by atoms with Crippen LogP contribution in [0.2, 0.25) is 0 Å². The Morgan fingerprint density at radius 3 is 2.81 bits per heavy atom. The minimum absolute atomic E-state index is 0.243. The molecule has 0 spiro atoms. The highest BCUT2D eigenvalue weighted by Crippen LogP contribution is 2.25. The van der Waals surface area contributed by atoms with Crippen molar-refractivity contribution >= 4 is 0 Å². The molecule has 2 unspecified atom stereocenters. The van der Waals surface area contributed by atoms with Gasteiger partial charge in [0.2, 0.25) is 11.7 Å². The molecule has 5 heteroatoms. The summed E-state index contributed by atoms with van der Waals surface area (Å²) in [5.41, 5.74) is 6.66. The van der Waals surface area contributed by atoms with Crippen molar-refractivity contribution in [1.29, 1.82) is 0 Å². The van der Waals surface area contributed by atoms with Crippen molar-refractivity contribution in [3.8, 4) is 17.1 Å². The van der Waals surface area contributed by atoms with E-state index in [0.29, 0.717) is 11.7 Å². The molecule has 1 aromatic carbocycles. The molecule has 2 rings (SSSR count). The van der Waals surface area contributed by atoms with Gasteiger partial charge in [-0.3, -0.25) is 0 Å². The van der Waals surface area contributed by atoms with E-state index < -0.39 is 0 Å². The van der Waals surface area contributed by atoms with Gasteiger partial charge in [0.15, 0.2) is 0 Å². The van der Waals surface area contributed by atoms with Crippen LogP contribution >= 0.6 is 0 Å². The van der Waals surface area contributed by atoms with E-state index in [1.165, 1.54) is 0 Å². The van der Waals surface area contributed by atoms with E-state index in [0.717, 1.165) is 30.6 Å². The number of rotatable bonds is 7. The van der Waals surface area contributed by atoms with Gasteiger partial charge < -0.3 is 15.0 Å². The van der Waals surface area contributed by atoms with E-state index in [9.17, 15) is 0 Å². The Kier molecular flexibility index (Phi) is 5.33. The molecule has 0 fully saturated rings. The lowest BCUT2D eigenvalue weighted by atomic mass is 10.0. The minimum atomic E-state index is 0.243. The van der Waals surface area contributed by atoms with Crippen molar-refractivity contribution in [2.24, 2.45) is 5.73 Å². The van der Waals surface area contributed by atoms with Crippen LogP contribution in [0.5, 0.6) is 5.75 Å². The summed E-state index contributed by atoms with van der Waals surface area (Å²) in [6.07, 6.45) is 3.08. The van der Waals surface area contributed by atoms with Gasteiger partial charge in [0.25, 0.3) is 0 Å². The van der Waals surface area contributed by atoms with Gasteiger partial charge in [-0.1, -0.05) is 30.6 Å². The van der Waals surface area contributed by atoms with Crippen LogP contribution in [0.3, 0.4) is 0 Å². The van der Waals surface area contributed by atoms with Crippen LogP contribution in [-0.2, 0) is 0 Å². The lowest BCUT2D eigenvalue weighted by molar-refractivity contribution is 0.350. The van der Waals surface area contributed by atoms with E-state index >= 15 is 0 Å². The Morgan fingerprint density at radius 1 is 1.29 bits per heavy atom. The molecule has 0 aliphatic heterocycles. The molecule has 0 saturated heterocycles. The zero-order valence-corrected chi connectivity index (χ0v) is 12.9. The molecule has 0 amide bonds. The molecule has 5 nitrogen and oxygen atoms in total. The summed E-state index contributed by atoms with van der Waals surface area (Å²) >= 11 is 0. The highest BCUT2D eigenvalue weighted by molar-refractivity contribution is 5.56. The van der Waals surface area contributed by atoms with Gasteiger partial charge in [-0.05, 0) is 31.9 Å². The van der Waals surface area contributed by atoms with E-state index in [1.54, 1.807) is 7.11 Å². The van der Waals surface area contributed by atoms with Crippen LogP contribution in [0.15, 0.2) is 28.8 Å². The maximum atomic E-state index is 5.76. The first-order chi connectivity index (χ1) is 10.1. The zero-order valence-electron chi connectivity index (χ0n) is 12.9. The van der Waals surface area contributed by atoms with Gasteiger partial charge >= 0.3 is 0 Å². The Labute approximate surface area is 125 Å². The molecule has 2 atom stereocenters. The summed E-state index contributed by atoms with van der Waals surface area (Å²) < 4.78 is 10.6. The number of hydrogen-bond acceptors (Lipinski definition) is 5. The monoisotopic (exact) mass is 289 g/mol. The fourth-order valence-corrected chi connectivity index (χ4v) is 2.18. The van der Waals surface area contributed by atoms with Crippen LogP contribution < -0.4 is 10.5 Å². The summed E-state index contributed by atoms with van der Waals surface area (Å²) in [6.45, 7) is 4.13. The van der Waals surface area contributed by atoms with Crippen molar-refractivity contribution in [2.45, 2.75) is 45.1 Å². The normalized spacial score (nSPS) is 13.9. The number of ether oxygens (including phenoxy) is 1. The maximum Gasteiger partial charge on any atom is 0.229 e. The molecule has 0 aliphatic carbocycles. The van der Waals surface area contributed by atoms with Crippen LogP contribution in [-0.4, -0.2) is 23.3 Å². The van der Waals surface area contributed by atoms with Gasteiger partial charge in [0.1, 0.15) is 5.75 Å². The third-order valence-electron chi connectivity index (χ3n) is 3.49. The topological polar surface area (TPSA) is 74.2 Å². The quantitative estimate of drug-likeness (QED) is 0.846. The molecule has 0 radical (unpaired) electrons. The molecule has 114 valence electrons. The SMILES string of the molecule is COc1cccc(-c2noc(C(C)CCCC(C)N)n2)c1. The van der Waals surface area contributed by atoms with Crippen LogP contribution in [0, 0.1) is 0 Å². The van der Waals surface area contributed by atoms with E-state index in [4.69, 9.17) is 15.0 Å². The lowest BCUT2D eigenvalue weighted by Gasteiger charge is -2.07. The van der Waals surface area contributed by atoms with Crippen molar-refractivity contribution in [2.75, 3.05) is 7.11 Å². The van der Waals surface area contributed by atoms with Crippen LogP contribution in [0.4, 0.5) is 0 Å². The van der Waals surface area contributed by atoms with E-state index in [-0.39, 0.29) is 12.0 Å². The fraction of sp³-hybridized carbons (Fsp3) is 0.500. The van der Waals surface area contributed by atoms with Gasteiger partial charge in [0, 0.05) is 17.5 Å². The van der Waals surface area contributed by atoms with E-state index in [2.05, 4.69) is 17.1 Å². The molecule has 0 bridgehead atoms. The average molecular weight is 289 g/mol. The standard InChI is InChI=1S/C16H23N3O2/c1-11(6-4-7-12(2)17)16-18-15(19-21-16)13-8-5-9-14(10-13)20-3/h5,8-12H,4,6-7,17H2,1-3H3. The molecule has 1 aromatic heterocycles. The first-order valence-corrected chi connectivity index (χ1v) is 7.33. The predicted octanol–water partition coefficient (Wildman–Crippen LogP) is 3.37. The molecular formula is C16H23N3O2. The first kappa shape index (κ1) is 15.5. The number of hydrogen-bond donors (Lipinski definition) is 1. The summed E-state index contributed by atoms with van der Waals surface area (Å²) in [6, 6.07) is 7.89. The summed E-state index contributed by atoms with van der Waals surface area (Å²) in [5, 5.41) is 4.06. The predicted molar refractivity (Wildman–Crippen MR) is 82.2 cm³/mol. The second kappa shape index (κ2) is 7.22. The molecule has 0 aliphatic rings. The number of nitrogens with zero attached hydrogens (tertiary/aromatic N) is 2. The highest BCUT2D eigenvalue weighted by Gasteiger charge is 2.15. The number of methoxy groups -OCH3 is 1. The molecule has 0 saturated carbocycles. The summed E-state index contributed by atoms with van der Waals surface area (Å²) in [4.78, 5) is 4.49. The van der Waals surface area contributed by atoms with Gasteiger partial charge in [0.05, 0.1) is 7.11 Å². The molecular weight excluding hydrogens is 266 g/mol. The Morgan fingerprint density at radius 2 is 2.10 bits per heavy atom. The molecule has 21 heavy (non-hydrogen) atoms. The number of benzene rings is 1. The minimum Gasteiger partial charge on any atom is -0.497 e. The second-order valence-electron chi connectivity index (χ2n) is 5.50. The second-order valence-corrected chi connectivity index (χ2v) is 5.50. The van der Waals surface area contributed by atoms with Crippen LogP contribution in [0.25, 0.3) is 11.4 Å². The third kappa shape index (κ3) is 4.29. The highest BCUT2D eigenvalue weighted by atomic mass is 16.5. The molecule has 2 aromatic rings. The smallest absolute Gasteiger partial charge is 0.229 e. The lowest BCUT2D eigenvalue weighted by Crippen LogP contribution is -2.14. The Balaban J connectivity index is 2.03. The van der Waals surface area contributed by atoms with Crippen molar-refractivity contribution in [3.05, 3.63) is 30.2 Å². The zero-order chi connectivity index (χ0) is 15.2. The van der Waals surface area contributed by atoms with Gasteiger partial charge in [-0.15, -0.1) is 0 Å². The van der Waals surface area contributed by atoms with Crippen molar-refractivity contribution in [3.63, 3.8) is 0 Å². The van der Waals surface area contributed by atoms with Gasteiger partial charge in [-0.25, -0.2) is 0 Å². The van der Waals surface area contributed by atoms with Gasteiger partial charge in [-0.2, -0.15) is 4.98 Å². The van der Waals surface area contributed by atoms with Crippen LogP contribution in [0.1, 0.15) is 44.9 Å². The number of aromatic nitrogens is 2. The first-order valence-electron chi connectivity index (χ1n) is 7.33. The van der Waals surface area contributed by atoms with Crippen molar-refractivity contribution < 1.29 is 9.26 Å². The summed E-state index contributed by atoms with van der Waals surface area (Å²) in [5.74, 6) is 2.31. The average Bonchev–Trinajstić information content (AvgIpc) is 2.97. The largest absolute Gasteiger partial charge is 0.497 e. The Bertz CT molecular complexity index is 566.